The molecule has 1 rings (SSSR count). The average molecular weight is 363 g/mol. The highest BCUT2D eigenvalue weighted by atomic mass is 28.3. The Bertz CT molecular complexity index is 593. The molecule has 0 radical (unpaired) electrons. The molecular weight excluding hydrogens is 328 g/mol. The first-order chi connectivity index (χ1) is 11.6. The SMILES string of the molecule is COC(=O)C1C=C(C#C[Si](C(C)C)(C(C)C)C(C)C)C(C)=C(OC)C1. The molecule has 1 aliphatic rings. The Hall–Kier alpha value is -1.47. The molecule has 1 unspecified atom stereocenters. The number of carbonyl (C=O) groups is 1. The second kappa shape index (κ2) is 8.76. The van der Waals surface area contributed by atoms with Crippen molar-refractivity contribution in [1.82, 2.24) is 0 Å². The fraction of sp³-hybridized carbons (Fsp3) is 0.667. The van der Waals surface area contributed by atoms with Gasteiger partial charge < -0.3 is 9.47 Å². The zero-order valence-electron chi connectivity index (χ0n) is 17.3. The molecular formula is C21H34O3Si. The Morgan fingerprint density at radius 1 is 1.12 bits per heavy atom. The van der Waals surface area contributed by atoms with Crippen LogP contribution in [-0.2, 0) is 14.3 Å². The summed E-state index contributed by atoms with van der Waals surface area (Å²) in [6.07, 6.45) is 2.50. The van der Waals surface area contributed by atoms with E-state index in [0.717, 1.165) is 16.9 Å². The molecule has 4 heteroatoms. The second-order valence-electron chi connectivity index (χ2n) is 7.81. The predicted molar refractivity (Wildman–Crippen MR) is 107 cm³/mol. The molecule has 0 spiro atoms. The minimum absolute atomic E-state index is 0.235. The van der Waals surface area contributed by atoms with E-state index < -0.39 is 8.07 Å². The van der Waals surface area contributed by atoms with Gasteiger partial charge in [-0.15, -0.1) is 5.54 Å². The Morgan fingerprint density at radius 2 is 1.64 bits per heavy atom. The fourth-order valence-corrected chi connectivity index (χ4v) is 9.39. The standard InChI is InChI=1S/C21H34O3Si/c1-14(2)25(15(3)4,16(5)6)11-10-18-12-19(21(22)24-9)13-20(23-8)17(18)7/h12,14-16,19H,13H2,1-9H3. The van der Waals surface area contributed by atoms with E-state index in [1.54, 1.807) is 7.11 Å². The fourth-order valence-electron chi connectivity index (χ4n) is 4.17. The van der Waals surface area contributed by atoms with Crippen LogP contribution in [0.15, 0.2) is 23.0 Å². The molecule has 1 atom stereocenters. The monoisotopic (exact) mass is 362 g/mol. The van der Waals surface area contributed by atoms with Gasteiger partial charge in [-0.05, 0) is 23.5 Å². The number of methoxy groups -OCH3 is 2. The zero-order chi connectivity index (χ0) is 19.4. The summed E-state index contributed by atoms with van der Waals surface area (Å²) in [6, 6.07) is 0. The summed E-state index contributed by atoms with van der Waals surface area (Å²) in [5, 5.41) is 0. The van der Waals surface area contributed by atoms with Crippen LogP contribution >= 0.6 is 0 Å². The van der Waals surface area contributed by atoms with E-state index >= 15 is 0 Å². The van der Waals surface area contributed by atoms with E-state index in [1.807, 2.05) is 13.0 Å². The third kappa shape index (κ3) is 4.38. The molecule has 0 amide bonds. The van der Waals surface area contributed by atoms with Crippen molar-refractivity contribution in [3.63, 3.8) is 0 Å². The lowest BCUT2D eigenvalue weighted by Crippen LogP contribution is -2.43. The second-order valence-corrected chi connectivity index (χ2v) is 13.4. The van der Waals surface area contributed by atoms with E-state index in [4.69, 9.17) is 9.47 Å². The maximum atomic E-state index is 12.0. The first-order valence-corrected chi connectivity index (χ1v) is 11.4. The number of allylic oxidation sites excluding steroid dienone is 3. The van der Waals surface area contributed by atoms with Gasteiger partial charge in [-0.25, -0.2) is 0 Å². The van der Waals surface area contributed by atoms with Crippen molar-refractivity contribution >= 4 is 14.0 Å². The average Bonchev–Trinajstić information content (AvgIpc) is 2.54. The number of hydrogen-bond donors (Lipinski definition) is 0. The number of rotatable bonds is 5. The largest absolute Gasteiger partial charge is 0.501 e. The lowest BCUT2D eigenvalue weighted by atomic mass is 9.90. The molecule has 25 heavy (non-hydrogen) atoms. The summed E-state index contributed by atoms with van der Waals surface area (Å²) in [5.41, 5.74) is 7.41. The molecule has 1 aliphatic carbocycles. The van der Waals surface area contributed by atoms with Crippen LogP contribution in [-0.4, -0.2) is 28.3 Å². The van der Waals surface area contributed by atoms with Crippen molar-refractivity contribution in [3.05, 3.63) is 23.0 Å². The van der Waals surface area contributed by atoms with Gasteiger partial charge >= 0.3 is 5.97 Å². The van der Waals surface area contributed by atoms with E-state index in [-0.39, 0.29) is 11.9 Å². The van der Waals surface area contributed by atoms with Gasteiger partial charge in [-0.2, -0.15) is 0 Å². The summed E-state index contributed by atoms with van der Waals surface area (Å²) in [5.74, 6) is 3.73. The van der Waals surface area contributed by atoms with Gasteiger partial charge in [0.1, 0.15) is 13.8 Å². The van der Waals surface area contributed by atoms with E-state index in [2.05, 4.69) is 53.0 Å². The van der Waals surface area contributed by atoms with Gasteiger partial charge in [-0.3, -0.25) is 4.79 Å². The van der Waals surface area contributed by atoms with Crippen LogP contribution in [0.1, 0.15) is 54.9 Å². The van der Waals surface area contributed by atoms with Gasteiger partial charge in [0.05, 0.1) is 20.1 Å². The zero-order valence-corrected chi connectivity index (χ0v) is 18.3. The molecule has 0 fully saturated rings. The molecule has 0 bridgehead atoms. The summed E-state index contributed by atoms with van der Waals surface area (Å²) in [4.78, 5) is 12.0. The van der Waals surface area contributed by atoms with Crippen molar-refractivity contribution in [3.8, 4) is 11.5 Å². The van der Waals surface area contributed by atoms with Gasteiger partial charge in [0.15, 0.2) is 0 Å². The highest BCUT2D eigenvalue weighted by Crippen LogP contribution is 2.41. The number of carbonyl (C=O) groups excluding carboxylic acids is 1. The van der Waals surface area contributed by atoms with Crippen LogP contribution in [0.25, 0.3) is 0 Å². The van der Waals surface area contributed by atoms with Crippen molar-refractivity contribution in [1.29, 1.82) is 0 Å². The Kier molecular flexibility index (Phi) is 7.56. The number of ether oxygens (including phenoxy) is 2. The van der Waals surface area contributed by atoms with Crippen LogP contribution in [0.2, 0.25) is 16.6 Å². The van der Waals surface area contributed by atoms with Crippen molar-refractivity contribution in [2.75, 3.05) is 14.2 Å². The normalized spacial score (nSPS) is 18.2. The molecule has 0 saturated heterocycles. The summed E-state index contributed by atoms with van der Waals surface area (Å²) < 4.78 is 10.4. The third-order valence-electron chi connectivity index (χ3n) is 5.63. The highest BCUT2D eigenvalue weighted by molar-refractivity contribution is 6.90. The molecule has 0 aromatic carbocycles. The van der Waals surface area contributed by atoms with Gasteiger partial charge in [0.2, 0.25) is 0 Å². The van der Waals surface area contributed by atoms with Gasteiger partial charge in [-0.1, -0.05) is 53.5 Å². The lowest BCUT2D eigenvalue weighted by Gasteiger charge is -2.38. The maximum Gasteiger partial charge on any atom is 0.313 e. The first-order valence-electron chi connectivity index (χ1n) is 9.18. The number of esters is 1. The molecule has 0 saturated carbocycles. The Balaban J connectivity index is 3.42. The van der Waals surface area contributed by atoms with Crippen LogP contribution in [0.4, 0.5) is 0 Å². The third-order valence-corrected chi connectivity index (χ3v) is 11.9. The quantitative estimate of drug-likeness (QED) is 0.381. The van der Waals surface area contributed by atoms with E-state index in [9.17, 15) is 4.79 Å². The minimum Gasteiger partial charge on any atom is -0.501 e. The Morgan fingerprint density at radius 3 is 2.04 bits per heavy atom. The molecule has 0 aliphatic heterocycles. The molecule has 0 aromatic heterocycles. The smallest absolute Gasteiger partial charge is 0.313 e. The molecule has 3 nitrogen and oxygen atoms in total. The van der Waals surface area contributed by atoms with E-state index in [0.29, 0.717) is 23.0 Å². The van der Waals surface area contributed by atoms with Crippen molar-refractivity contribution < 1.29 is 14.3 Å². The first kappa shape index (κ1) is 21.6. The van der Waals surface area contributed by atoms with Gasteiger partial charge in [0, 0.05) is 17.6 Å². The highest BCUT2D eigenvalue weighted by Gasteiger charge is 2.41. The molecule has 140 valence electrons. The molecule has 0 N–H and O–H groups in total. The summed E-state index contributed by atoms with van der Waals surface area (Å²) in [7, 11) is 1.26. The Labute approximate surface area is 154 Å². The van der Waals surface area contributed by atoms with E-state index in [1.165, 1.54) is 7.11 Å². The van der Waals surface area contributed by atoms with Crippen LogP contribution < -0.4 is 0 Å². The predicted octanol–water partition coefficient (Wildman–Crippen LogP) is 5.25. The van der Waals surface area contributed by atoms with Crippen molar-refractivity contribution in [2.24, 2.45) is 5.92 Å². The van der Waals surface area contributed by atoms with Crippen molar-refractivity contribution in [2.45, 2.75) is 71.5 Å². The van der Waals surface area contributed by atoms with Crippen LogP contribution in [0.3, 0.4) is 0 Å². The summed E-state index contributed by atoms with van der Waals surface area (Å²) in [6.45, 7) is 15.8. The van der Waals surface area contributed by atoms with Gasteiger partial charge in [0.25, 0.3) is 0 Å². The van der Waals surface area contributed by atoms with Crippen LogP contribution in [0, 0.1) is 17.4 Å². The lowest BCUT2D eigenvalue weighted by molar-refractivity contribution is -0.144. The number of hydrogen-bond acceptors (Lipinski definition) is 3. The van der Waals surface area contributed by atoms with Crippen LogP contribution in [0.5, 0.6) is 0 Å². The molecule has 0 aromatic rings. The molecule has 0 heterocycles. The minimum atomic E-state index is -1.81. The maximum absolute atomic E-state index is 12.0. The topological polar surface area (TPSA) is 35.5 Å². The summed E-state index contributed by atoms with van der Waals surface area (Å²) >= 11 is 0.